The van der Waals surface area contributed by atoms with E-state index in [-0.39, 0.29) is 27.2 Å². The van der Waals surface area contributed by atoms with Gasteiger partial charge in [0.1, 0.15) is 12.1 Å². The molecule has 4 nitrogen and oxygen atoms in total. The van der Waals surface area contributed by atoms with Gasteiger partial charge in [0.05, 0.1) is 22.0 Å². The van der Waals surface area contributed by atoms with Crippen molar-refractivity contribution in [3.05, 3.63) is 56.3 Å². The van der Waals surface area contributed by atoms with E-state index in [1.807, 2.05) is 22.6 Å². The Morgan fingerprint density at radius 2 is 2.04 bits per heavy atom. The number of carboxylic acids is 1. The van der Waals surface area contributed by atoms with E-state index >= 15 is 0 Å². The van der Waals surface area contributed by atoms with Gasteiger partial charge in [0.2, 0.25) is 0 Å². The summed E-state index contributed by atoms with van der Waals surface area (Å²) in [7, 11) is 0. The van der Waals surface area contributed by atoms with Crippen LogP contribution in [-0.4, -0.2) is 11.1 Å². The van der Waals surface area contributed by atoms with Crippen LogP contribution in [0.3, 0.4) is 0 Å². The zero-order valence-electron chi connectivity index (χ0n) is 11.2. The first-order valence-electron chi connectivity index (χ1n) is 6.23. The predicted octanol–water partition coefficient (Wildman–Crippen LogP) is 5.41. The van der Waals surface area contributed by atoms with Crippen molar-refractivity contribution < 1.29 is 23.1 Å². The highest BCUT2D eigenvalue weighted by Gasteiger charge is 2.22. The molecule has 3 rings (SSSR count). The van der Waals surface area contributed by atoms with Gasteiger partial charge in [-0.2, -0.15) is 0 Å². The molecule has 118 valence electrons. The summed E-state index contributed by atoms with van der Waals surface area (Å²) in [5.41, 5.74) is -1.02. The third-order valence-corrected chi connectivity index (χ3v) is 4.14. The molecule has 0 saturated heterocycles. The number of nitrogens with one attached hydrogen (secondary N) is 1. The minimum absolute atomic E-state index is 0.0520. The SMILES string of the molecule is O=C(O)c1cc2c(Cl)coc2c(F)c1Nc1ccc(I)cc1F. The molecule has 3 aromatic rings. The summed E-state index contributed by atoms with van der Waals surface area (Å²) in [6.45, 7) is 0. The minimum atomic E-state index is -1.38. The van der Waals surface area contributed by atoms with Gasteiger partial charge in [-0.3, -0.25) is 0 Å². The number of benzene rings is 2. The average molecular weight is 450 g/mol. The first-order valence-corrected chi connectivity index (χ1v) is 7.68. The summed E-state index contributed by atoms with van der Waals surface area (Å²) in [6, 6.07) is 5.41. The van der Waals surface area contributed by atoms with Gasteiger partial charge in [0, 0.05) is 8.96 Å². The minimum Gasteiger partial charge on any atom is -0.478 e. The largest absolute Gasteiger partial charge is 0.478 e. The Labute approximate surface area is 147 Å². The van der Waals surface area contributed by atoms with Crippen molar-refractivity contribution in [1.82, 2.24) is 0 Å². The van der Waals surface area contributed by atoms with Crippen molar-refractivity contribution in [2.24, 2.45) is 0 Å². The summed E-state index contributed by atoms with van der Waals surface area (Å²) in [6.07, 6.45) is 1.11. The molecule has 0 aliphatic carbocycles. The molecule has 0 atom stereocenters. The van der Waals surface area contributed by atoms with Crippen LogP contribution in [0.2, 0.25) is 5.02 Å². The van der Waals surface area contributed by atoms with Gasteiger partial charge in [-0.15, -0.1) is 0 Å². The first kappa shape index (κ1) is 16.0. The maximum Gasteiger partial charge on any atom is 0.337 e. The third-order valence-electron chi connectivity index (χ3n) is 3.18. The van der Waals surface area contributed by atoms with Crippen LogP contribution in [0.25, 0.3) is 11.0 Å². The maximum absolute atomic E-state index is 14.6. The normalized spacial score (nSPS) is 11.0. The van der Waals surface area contributed by atoms with Crippen molar-refractivity contribution >= 4 is 62.5 Å². The van der Waals surface area contributed by atoms with Gasteiger partial charge in [0.15, 0.2) is 11.4 Å². The van der Waals surface area contributed by atoms with Gasteiger partial charge < -0.3 is 14.8 Å². The molecule has 0 aliphatic heterocycles. The quantitative estimate of drug-likeness (QED) is 0.525. The van der Waals surface area contributed by atoms with Crippen LogP contribution < -0.4 is 5.32 Å². The first-order chi connectivity index (χ1) is 10.9. The number of fused-ring (bicyclic) bond motifs is 1. The topological polar surface area (TPSA) is 62.5 Å². The standard InChI is InChI=1S/C15H7ClF2INO3/c16-9-5-23-14-7(9)4-8(15(21)22)13(12(14)18)20-11-2-1-6(19)3-10(11)17/h1-5,20H,(H,21,22). The molecule has 8 heteroatoms. The molecule has 1 aromatic heterocycles. The van der Waals surface area contributed by atoms with Crippen LogP contribution in [-0.2, 0) is 0 Å². The molecule has 0 saturated carbocycles. The third kappa shape index (κ3) is 2.86. The van der Waals surface area contributed by atoms with Crippen LogP contribution in [0.5, 0.6) is 0 Å². The lowest BCUT2D eigenvalue weighted by atomic mass is 10.1. The highest BCUT2D eigenvalue weighted by molar-refractivity contribution is 14.1. The fraction of sp³-hybridized carbons (Fsp3) is 0. The van der Waals surface area contributed by atoms with Crippen molar-refractivity contribution in [3.8, 4) is 0 Å². The molecule has 0 unspecified atom stereocenters. The molecule has 2 N–H and O–H groups in total. The van der Waals surface area contributed by atoms with E-state index in [1.54, 1.807) is 6.07 Å². The van der Waals surface area contributed by atoms with Crippen LogP contribution in [0, 0.1) is 15.2 Å². The second kappa shape index (κ2) is 5.97. The summed E-state index contributed by atoms with van der Waals surface area (Å²) in [5, 5.41) is 12.0. The van der Waals surface area contributed by atoms with Crippen molar-refractivity contribution in [1.29, 1.82) is 0 Å². The zero-order valence-corrected chi connectivity index (χ0v) is 14.1. The second-order valence-electron chi connectivity index (χ2n) is 4.63. The fourth-order valence-electron chi connectivity index (χ4n) is 2.12. The van der Waals surface area contributed by atoms with E-state index in [1.165, 1.54) is 18.2 Å². The van der Waals surface area contributed by atoms with Gasteiger partial charge in [-0.1, -0.05) is 11.6 Å². The highest BCUT2D eigenvalue weighted by Crippen LogP contribution is 2.36. The van der Waals surface area contributed by atoms with Crippen LogP contribution in [0.15, 0.2) is 34.9 Å². The highest BCUT2D eigenvalue weighted by atomic mass is 127. The molecular formula is C15H7ClF2INO3. The number of hydrogen-bond donors (Lipinski definition) is 2. The number of anilines is 2. The van der Waals surface area contributed by atoms with E-state index in [2.05, 4.69) is 5.32 Å². The number of aromatic carboxylic acids is 1. The smallest absolute Gasteiger partial charge is 0.337 e. The van der Waals surface area contributed by atoms with E-state index in [4.69, 9.17) is 16.0 Å². The van der Waals surface area contributed by atoms with Crippen LogP contribution in [0.4, 0.5) is 20.2 Å². The molecule has 23 heavy (non-hydrogen) atoms. The molecule has 0 radical (unpaired) electrons. The molecule has 0 spiro atoms. The molecule has 2 aromatic carbocycles. The number of halogens is 4. The molecule has 1 heterocycles. The summed E-state index contributed by atoms with van der Waals surface area (Å²) < 4.78 is 34.2. The number of rotatable bonds is 3. The Bertz CT molecular complexity index is 942. The van der Waals surface area contributed by atoms with Crippen LogP contribution in [0.1, 0.15) is 10.4 Å². The van der Waals surface area contributed by atoms with E-state index in [0.29, 0.717) is 3.57 Å². The Hall–Kier alpha value is -1.87. The van der Waals surface area contributed by atoms with Crippen molar-refractivity contribution in [2.45, 2.75) is 0 Å². The molecule has 0 bridgehead atoms. The zero-order chi connectivity index (χ0) is 16.7. The summed E-state index contributed by atoms with van der Waals surface area (Å²) in [5.74, 6) is -2.97. The molecular weight excluding hydrogens is 443 g/mol. The van der Waals surface area contributed by atoms with Gasteiger partial charge in [-0.05, 0) is 46.9 Å². The molecule has 0 aliphatic rings. The second-order valence-corrected chi connectivity index (χ2v) is 6.28. The number of carboxylic acid groups (broad SMARTS) is 1. The van der Waals surface area contributed by atoms with Gasteiger partial charge in [-0.25, -0.2) is 13.6 Å². The monoisotopic (exact) mass is 449 g/mol. The summed E-state index contributed by atoms with van der Waals surface area (Å²) in [4.78, 5) is 11.4. The Morgan fingerprint density at radius 1 is 1.30 bits per heavy atom. The van der Waals surface area contributed by atoms with E-state index in [9.17, 15) is 18.7 Å². The lowest BCUT2D eigenvalue weighted by molar-refractivity contribution is 0.0697. The number of furan rings is 1. The maximum atomic E-state index is 14.6. The Kier molecular flexibility index (Phi) is 4.15. The fourth-order valence-corrected chi connectivity index (χ4v) is 2.75. The number of carbonyl (C=O) groups is 1. The molecule has 0 fully saturated rings. The predicted molar refractivity (Wildman–Crippen MR) is 90.5 cm³/mol. The number of hydrogen-bond acceptors (Lipinski definition) is 3. The van der Waals surface area contributed by atoms with E-state index < -0.39 is 23.3 Å². The van der Waals surface area contributed by atoms with Crippen molar-refractivity contribution in [3.63, 3.8) is 0 Å². The Morgan fingerprint density at radius 3 is 2.70 bits per heavy atom. The van der Waals surface area contributed by atoms with Gasteiger partial charge in [0.25, 0.3) is 0 Å². The van der Waals surface area contributed by atoms with Crippen LogP contribution >= 0.6 is 34.2 Å². The lowest BCUT2D eigenvalue weighted by Crippen LogP contribution is -2.06. The lowest BCUT2D eigenvalue weighted by Gasteiger charge is -2.12. The Balaban J connectivity index is 2.21. The van der Waals surface area contributed by atoms with Crippen molar-refractivity contribution in [2.75, 3.05) is 5.32 Å². The summed E-state index contributed by atoms with van der Waals surface area (Å²) >= 11 is 7.77. The average Bonchev–Trinajstić information content (AvgIpc) is 2.85. The van der Waals surface area contributed by atoms with E-state index in [0.717, 1.165) is 6.26 Å². The molecule has 0 amide bonds. The van der Waals surface area contributed by atoms with Gasteiger partial charge >= 0.3 is 5.97 Å².